The molecule has 0 aliphatic carbocycles. The van der Waals surface area contributed by atoms with Gasteiger partial charge in [-0.3, -0.25) is 9.67 Å². The molecule has 19 heavy (non-hydrogen) atoms. The number of anilines is 1. The van der Waals surface area contributed by atoms with Gasteiger partial charge in [-0.15, -0.1) is 0 Å². The van der Waals surface area contributed by atoms with Gasteiger partial charge in [0, 0.05) is 17.3 Å². The molecule has 96 valence electrons. The van der Waals surface area contributed by atoms with Gasteiger partial charge < -0.3 is 5.73 Å². The Kier molecular flexibility index (Phi) is 2.87. The highest BCUT2D eigenvalue weighted by atomic mass is 35.5. The van der Waals surface area contributed by atoms with Crippen molar-refractivity contribution in [3.05, 3.63) is 52.9 Å². The van der Waals surface area contributed by atoms with Gasteiger partial charge in [0.15, 0.2) is 0 Å². The molecule has 0 spiro atoms. The highest BCUT2D eigenvalue weighted by molar-refractivity contribution is 6.31. The molecule has 0 bridgehead atoms. The predicted molar refractivity (Wildman–Crippen MR) is 77.2 cm³/mol. The van der Waals surface area contributed by atoms with Crippen LogP contribution in [0, 0.1) is 6.92 Å². The van der Waals surface area contributed by atoms with Crippen LogP contribution < -0.4 is 5.73 Å². The molecule has 0 fully saturated rings. The van der Waals surface area contributed by atoms with Crippen LogP contribution in [0.25, 0.3) is 10.9 Å². The van der Waals surface area contributed by atoms with Crippen LogP contribution in [-0.4, -0.2) is 14.8 Å². The number of rotatable bonds is 2. The summed E-state index contributed by atoms with van der Waals surface area (Å²) in [5.41, 5.74) is 9.64. The zero-order valence-electron chi connectivity index (χ0n) is 10.5. The van der Waals surface area contributed by atoms with Gasteiger partial charge in [0.2, 0.25) is 0 Å². The monoisotopic (exact) mass is 272 g/mol. The zero-order chi connectivity index (χ0) is 13.4. The second-order valence-corrected chi connectivity index (χ2v) is 4.86. The van der Waals surface area contributed by atoms with E-state index in [4.69, 9.17) is 17.3 Å². The third kappa shape index (κ3) is 2.04. The Morgan fingerprint density at radius 3 is 2.89 bits per heavy atom. The lowest BCUT2D eigenvalue weighted by Gasteiger charge is -2.09. The lowest BCUT2D eigenvalue weighted by atomic mass is 10.1. The number of fused-ring (bicyclic) bond motifs is 1. The molecule has 0 aliphatic heterocycles. The van der Waals surface area contributed by atoms with Gasteiger partial charge in [0.1, 0.15) is 0 Å². The predicted octanol–water partition coefficient (Wildman–Crippen LogP) is 3.02. The van der Waals surface area contributed by atoms with E-state index in [2.05, 4.69) is 10.1 Å². The molecule has 4 nitrogen and oxygen atoms in total. The van der Waals surface area contributed by atoms with Crippen molar-refractivity contribution in [1.82, 2.24) is 14.8 Å². The molecule has 2 N–H and O–H groups in total. The number of pyridine rings is 1. The minimum atomic E-state index is 0.631. The molecular weight excluding hydrogens is 260 g/mol. The summed E-state index contributed by atoms with van der Waals surface area (Å²) in [5.74, 6) is 0. The molecule has 0 aliphatic rings. The Hall–Kier alpha value is -2.07. The molecule has 3 rings (SSSR count). The molecule has 0 saturated carbocycles. The maximum atomic E-state index is 6.02. The van der Waals surface area contributed by atoms with Gasteiger partial charge in [0.25, 0.3) is 0 Å². The van der Waals surface area contributed by atoms with Crippen LogP contribution >= 0.6 is 11.6 Å². The van der Waals surface area contributed by atoms with Gasteiger partial charge in [-0.05, 0) is 30.7 Å². The molecule has 5 heteroatoms. The Morgan fingerprint density at radius 2 is 2.16 bits per heavy atom. The highest BCUT2D eigenvalue weighted by Crippen LogP contribution is 2.24. The lowest BCUT2D eigenvalue weighted by Crippen LogP contribution is -2.05. The van der Waals surface area contributed by atoms with Gasteiger partial charge in [-0.25, -0.2) is 0 Å². The highest BCUT2D eigenvalue weighted by Gasteiger charge is 2.09. The summed E-state index contributed by atoms with van der Waals surface area (Å²) < 4.78 is 1.86. The van der Waals surface area contributed by atoms with Crippen LogP contribution in [0.2, 0.25) is 5.02 Å². The zero-order valence-corrected chi connectivity index (χ0v) is 11.2. The normalized spacial score (nSPS) is 11.1. The largest absolute Gasteiger partial charge is 0.398 e. The number of nitrogens with zero attached hydrogens (tertiary/aromatic N) is 3. The fourth-order valence-electron chi connectivity index (χ4n) is 2.13. The minimum Gasteiger partial charge on any atom is -0.398 e. The average Bonchev–Trinajstić information content (AvgIpc) is 2.74. The first-order valence-electron chi connectivity index (χ1n) is 5.97. The van der Waals surface area contributed by atoms with E-state index in [1.165, 1.54) is 0 Å². The third-order valence-corrected chi connectivity index (χ3v) is 3.62. The minimum absolute atomic E-state index is 0.631. The van der Waals surface area contributed by atoms with E-state index in [1.807, 2.05) is 35.9 Å². The SMILES string of the molecule is Cc1c(Cl)cnn1Cc1ccc(N)c2cccnc12. The van der Waals surface area contributed by atoms with Crippen molar-refractivity contribution in [2.75, 3.05) is 5.73 Å². The van der Waals surface area contributed by atoms with Crippen LogP contribution in [-0.2, 0) is 6.54 Å². The van der Waals surface area contributed by atoms with E-state index in [1.54, 1.807) is 12.4 Å². The first-order chi connectivity index (χ1) is 9.16. The number of hydrogen-bond donors (Lipinski definition) is 1. The fraction of sp³-hybridized carbons (Fsp3) is 0.143. The van der Waals surface area contributed by atoms with Crippen molar-refractivity contribution in [2.24, 2.45) is 0 Å². The Morgan fingerprint density at radius 1 is 1.32 bits per heavy atom. The van der Waals surface area contributed by atoms with Crippen LogP contribution in [0.5, 0.6) is 0 Å². The molecule has 2 heterocycles. The van der Waals surface area contributed by atoms with Gasteiger partial charge in [-0.1, -0.05) is 17.7 Å². The van der Waals surface area contributed by atoms with E-state index >= 15 is 0 Å². The maximum absolute atomic E-state index is 6.02. The molecule has 0 radical (unpaired) electrons. The lowest BCUT2D eigenvalue weighted by molar-refractivity contribution is 0.667. The summed E-state index contributed by atoms with van der Waals surface area (Å²) in [4.78, 5) is 4.42. The molecule has 3 aromatic rings. The van der Waals surface area contributed by atoms with Crippen molar-refractivity contribution in [3.8, 4) is 0 Å². The second kappa shape index (κ2) is 4.55. The third-order valence-electron chi connectivity index (χ3n) is 3.25. The molecule has 0 saturated heterocycles. The van der Waals surface area contributed by atoms with E-state index in [-0.39, 0.29) is 0 Å². The summed E-state index contributed by atoms with van der Waals surface area (Å²) in [6.07, 6.45) is 3.43. The van der Waals surface area contributed by atoms with E-state index in [0.29, 0.717) is 11.6 Å². The van der Waals surface area contributed by atoms with E-state index < -0.39 is 0 Å². The molecular formula is C14H13ClN4. The molecule has 1 aromatic carbocycles. The van der Waals surface area contributed by atoms with Crippen molar-refractivity contribution >= 4 is 28.2 Å². The summed E-state index contributed by atoms with van der Waals surface area (Å²) in [7, 11) is 0. The first-order valence-corrected chi connectivity index (χ1v) is 6.34. The van der Waals surface area contributed by atoms with Crippen LogP contribution in [0.15, 0.2) is 36.7 Å². The molecule has 2 aromatic heterocycles. The van der Waals surface area contributed by atoms with E-state index in [9.17, 15) is 0 Å². The first kappa shape index (κ1) is 12.0. The van der Waals surface area contributed by atoms with Crippen LogP contribution in [0.4, 0.5) is 5.69 Å². The average molecular weight is 273 g/mol. The summed E-state index contributed by atoms with van der Waals surface area (Å²) in [6.45, 7) is 2.58. The smallest absolute Gasteiger partial charge is 0.0815 e. The molecule has 0 unspecified atom stereocenters. The number of nitrogen functional groups attached to an aromatic ring is 1. The number of nitrogens with two attached hydrogens (primary N) is 1. The summed E-state index contributed by atoms with van der Waals surface area (Å²) >= 11 is 6.02. The van der Waals surface area contributed by atoms with Gasteiger partial charge in [0.05, 0.1) is 29.0 Å². The Labute approximate surface area is 115 Å². The summed E-state index contributed by atoms with van der Waals surface area (Å²) in [5, 5.41) is 5.91. The maximum Gasteiger partial charge on any atom is 0.0815 e. The van der Waals surface area contributed by atoms with Crippen molar-refractivity contribution < 1.29 is 0 Å². The van der Waals surface area contributed by atoms with Crippen molar-refractivity contribution in [3.63, 3.8) is 0 Å². The van der Waals surface area contributed by atoms with Crippen molar-refractivity contribution in [2.45, 2.75) is 13.5 Å². The van der Waals surface area contributed by atoms with Crippen LogP contribution in [0.1, 0.15) is 11.3 Å². The topological polar surface area (TPSA) is 56.7 Å². The molecule has 0 atom stereocenters. The van der Waals surface area contributed by atoms with Gasteiger partial charge in [-0.2, -0.15) is 5.10 Å². The Bertz CT molecular complexity index is 748. The number of aromatic nitrogens is 3. The number of halogens is 1. The van der Waals surface area contributed by atoms with Crippen LogP contribution in [0.3, 0.4) is 0 Å². The fourth-order valence-corrected chi connectivity index (χ4v) is 2.27. The standard InChI is InChI=1S/C14H13ClN4/c1-9-12(15)7-18-19(9)8-10-4-5-13(16)11-3-2-6-17-14(10)11/h2-7H,8,16H2,1H3. The van der Waals surface area contributed by atoms with E-state index in [0.717, 1.165) is 27.8 Å². The van der Waals surface area contributed by atoms with Gasteiger partial charge >= 0.3 is 0 Å². The van der Waals surface area contributed by atoms with Crippen molar-refractivity contribution in [1.29, 1.82) is 0 Å². The quantitative estimate of drug-likeness (QED) is 0.730. The number of hydrogen-bond acceptors (Lipinski definition) is 3. The number of benzene rings is 1. The summed E-state index contributed by atoms with van der Waals surface area (Å²) in [6, 6.07) is 7.75. The Balaban J connectivity index is 2.11. The molecule has 0 amide bonds. The second-order valence-electron chi connectivity index (χ2n) is 4.45.